The molecule has 0 aromatic heterocycles. The van der Waals surface area contributed by atoms with Crippen LogP contribution < -0.4 is 0 Å². The van der Waals surface area contributed by atoms with Crippen LogP contribution in [0.5, 0.6) is 0 Å². The van der Waals surface area contributed by atoms with Crippen LogP contribution in [0.3, 0.4) is 0 Å². The van der Waals surface area contributed by atoms with Gasteiger partial charge in [0.2, 0.25) is 0 Å². The number of nitrogens with zero attached hydrogens (tertiary/aromatic N) is 1. The topological polar surface area (TPSA) is 12.5 Å². The van der Waals surface area contributed by atoms with Gasteiger partial charge in [-0.05, 0) is 59.0 Å². The number of ether oxygens (including phenoxy) is 1. The van der Waals surface area contributed by atoms with Crippen LogP contribution in [0, 0.1) is 10.8 Å². The summed E-state index contributed by atoms with van der Waals surface area (Å²) in [5, 5.41) is 0. The first-order valence-corrected chi connectivity index (χ1v) is 7.43. The fraction of sp³-hybridized carbons (Fsp3) is 1.00. The van der Waals surface area contributed by atoms with Crippen LogP contribution in [-0.4, -0.2) is 36.7 Å². The highest BCUT2D eigenvalue weighted by atomic mass is 16.5. The van der Waals surface area contributed by atoms with Crippen molar-refractivity contribution in [2.75, 3.05) is 20.6 Å². The highest BCUT2D eigenvalue weighted by Crippen LogP contribution is 2.45. The maximum absolute atomic E-state index is 6.43. The van der Waals surface area contributed by atoms with Gasteiger partial charge in [-0.1, -0.05) is 34.6 Å². The molecule has 0 aliphatic heterocycles. The first-order chi connectivity index (χ1) is 8.08. The fourth-order valence-electron chi connectivity index (χ4n) is 2.91. The molecule has 0 spiro atoms. The molecule has 0 heterocycles. The zero-order valence-electron chi connectivity index (χ0n) is 15.3. The number of rotatable bonds is 6. The molecule has 0 fully saturated rings. The standard InChI is InChI=1S/C17H37NO/c1-14(2,3)15(4,5)12-16(6,7)19-17(8,9)13-18(10)11/h12-13H2,1-11H3. The van der Waals surface area contributed by atoms with E-state index >= 15 is 0 Å². The molecule has 19 heavy (non-hydrogen) atoms. The van der Waals surface area contributed by atoms with Gasteiger partial charge in [-0.25, -0.2) is 0 Å². The van der Waals surface area contributed by atoms with Gasteiger partial charge < -0.3 is 9.64 Å². The van der Waals surface area contributed by atoms with Crippen molar-refractivity contribution in [3.8, 4) is 0 Å². The first-order valence-electron chi connectivity index (χ1n) is 7.43. The molecule has 0 rings (SSSR count). The molecule has 0 aliphatic carbocycles. The second-order valence-electron chi connectivity index (χ2n) is 9.17. The summed E-state index contributed by atoms with van der Waals surface area (Å²) in [5.41, 5.74) is 0.279. The molecule has 0 bridgehead atoms. The van der Waals surface area contributed by atoms with Crippen molar-refractivity contribution in [2.24, 2.45) is 10.8 Å². The molecule has 0 saturated carbocycles. The smallest absolute Gasteiger partial charge is 0.0759 e. The van der Waals surface area contributed by atoms with Gasteiger partial charge in [-0.2, -0.15) is 0 Å². The second-order valence-corrected chi connectivity index (χ2v) is 9.17. The SMILES string of the molecule is CN(C)CC(C)(C)OC(C)(C)CC(C)(C)C(C)(C)C. The molecule has 2 heteroatoms. The van der Waals surface area contributed by atoms with Gasteiger partial charge in [0.05, 0.1) is 11.2 Å². The molecule has 0 atom stereocenters. The van der Waals surface area contributed by atoms with Crippen LogP contribution in [0.15, 0.2) is 0 Å². The molecular weight excluding hydrogens is 234 g/mol. The van der Waals surface area contributed by atoms with Gasteiger partial charge in [0.25, 0.3) is 0 Å². The molecule has 0 aliphatic rings. The summed E-state index contributed by atoms with van der Waals surface area (Å²) in [4.78, 5) is 2.19. The van der Waals surface area contributed by atoms with Crippen LogP contribution >= 0.6 is 0 Å². The summed E-state index contributed by atoms with van der Waals surface area (Å²) >= 11 is 0. The quantitative estimate of drug-likeness (QED) is 0.701. The van der Waals surface area contributed by atoms with Crippen molar-refractivity contribution >= 4 is 0 Å². The van der Waals surface area contributed by atoms with Crippen molar-refractivity contribution in [1.29, 1.82) is 0 Å². The third-order valence-electron chi connectivity index (χ3n) is 4.15. The Bertz CT molecular complexity index is 282. The molecular formula is C17H37NO. The second kappa shape index (κ2) is 5.73. The minimum atomic E-state index is -0.124. The zero-order chi connectivity index (χ0) is 15.7. The van der Waals surface area contributed by atoms with Gasteiger partial charge in [-0.15, -0.1) is 0 Å². The molecule has 116 valence electrons. The zero-order valence-corrected chi connectivity index (χ0v) is 15.3. The molecule has 0 unspecified atom stereocenters. The number of hydrogen-bond acceptors (Lipinski definition) is 2. The van der Waals surface area contributed by atoms with Gasteiger partial charge >= 0.3 is 0 Å². The number of hydrogen-bond donors (Lipinski definition) is 0. The average Bonchev–Trinajstić information content (AvgIpc) is 1.91. The summed E-state index contributed by atoms with van der Waals surface area (Å²) in [7, 11) is 4.19. The average molecular weight is 271 g/mol. The van der Waals surface area contributed by atoms with E-state index in [4.69, 9.17) is 4.74 Å². The predicted octanol–water partition coefficient (Wildman–Crippen LogP) is 4.58. The number of likely N-dealkylation sites (N-methyl/N-ethyl adjacent to an activating group) is 1. The molecule has 0 amide bonds. The minimum absolute atomic E-state index is 0.115. The minimum Gasteiger partial charge on any atom is -0.368 e. The van der Waals surface area contributed by atoms with E-state index < -0.39 is 0 Å². The molecule has 0 N–H and O–H groups in total. The van der Waals surface area contributed by atoms with E-state index in [9.17, 15) is 0 Å². The van der Waals surface area contributed by atoms with E-state index in [-0.39, 0.29) is 22.0 Å². The lowest BCUT2D eigenvalue weighted by Crippen LogP contribution is -2.47. The van der Waals surface area contributed by atoms with Crippen LogP contribution in [-0.2, 0) is 4.74 Å². The molecule has 0 aromatic rings. The Morgan fingerprint density at radius 2 is 1.16 bits per heavy atom. The van der Waals surface area contributed by atoms with Gasteiger partial charge in [0.1, 0.15) is 0 Å². The third kappa shape index (κ3) is 6.76. The molecule has 0 saturated heterocycles. The maximum Gasteiger partial charge on any atom is 0.0759 e. The van der Waals surface area contributed by atoms with Gasteiger partial charge in [0.15, 0.2) is 0 Å². The van der Waals surface area contributed by atoms with Crippen molar-refractivity contribution in [2.45, 2.75) is 79.9 Å². The largest absolute Gasteiger partial charge is 0.368 e. The highest BCUT2D eigenvalue weighted by Gasteiger charge is 2.40. The van der Waals surface area contributed by atoms with E-state index in [1.54, 1.807) is 0 Å². The van der Waals surface area contributed by atoms with Crippen LogP contribution in [0.2, 0.25) is 0 Å². The molecule has 2 nitrogen and oxygen atoms in total. The lowest BCUT2D eigenvalue weighted by molar-refractivity contribution is -0.151. The predicted molar refractivity (Wildman–Crippen MR) is 85.7 cm³/mol. The lowest BCUT2D eigenvalue weighted by atomic mass is 9.64. The molecule has 0 radical (unpaired) electrons. The van der Waals surface area contributed by atoms with E-state index in [2.05, 4.69) is 81.3 Å². The Morgan fingerprint density at radius 1 is 0.737 bits per heavy atom. The Hall–Kier alpha value is -0.0800. The van der Waals surface area contributed by atoms with E-state index in [0.717, 1.165) is 13.0 Å². The normalized spacial score (nSPS) is 15.2. The van der Waals surface area contributed by atoms with Crippen molar-refractivity contribution in [3.05, 3.63) is 0 Å². The highest BCUT2D eigenvalue weighted by molar-refractivity contribution is 4.90. The van der Waals surface area contributed by atoms with Crippen LogP contribution in [0.4, 0.5) is 0 Å². The molecule has 0 aromatic carbocycles. The fourth-order valence-corrected chi connectivity index (χ4v) is 2.91. The Kier molecular flexibility index (Phi) is 5.71. The van der Waals surface area contributed by atoms with Crippen LogP contribution in [0.1, 0.15) is 68.7 Å². The van der Waals surface area contributed by atoms with Crippen molar-refractivity contribution in [1.82, 2.24) is 4.90 Å². The summed E-state index contributed by atoms with van der Waals surface area (Å²) in [6.45, 7) is 21.4. The van der Waals surface area contributed by atoms with E-state index in [1.165, 1.54) is 0 Å². The third-order valence-corrected chi connectivity index (χ3v) is 4.15. The van der Waals surface area contributed by atoms with Crippen molar-refractivity contribution < 1.29 is 4.74 Å². The van der Waals surface area contributed by atoms with Crippen molar-refractivity contribution in [3.63, 3.8) is 0 Å². The monoisotopic (exact) mass is 271 g/mol. The summed E-state index contributed by atoms with van der Waals surface area (Å²) in [6, 6.07) is 0. The summed E-state index contributed by atoms with van der Waals surface area (Å²) in [5.74, 6) is 0. The Balaban J connectivity index is 4.82. The van der Waals surface area contributed by atoms with E-state index in [0.29, 0.717) is 0 Å². The maximum atomic E-state index is 6.43. The summed E-state index contributed by atoms with van der Waals surface area (Å²) < 4.78 is 6.43. The lowest BCUT2D eigenvalue weighted by Gasteiger charge is -2.46. The Labute approximate surface area is 121 Å². The first kappa shape index (κ1) is 18.9. The van der Waals surface area contributed by atoms with Gasteiger partial charge in [0, 0.05) is 6.54 Å². The summed E-state index contributed by atoms with van der Waals surface area (Å²) in [6.07, 6.45) is 1.06. The Morgan fingerprint density at radius 3 is 1.47 bits per heavy atom. The van der Waals surface area contributed by atoms with E-state index in [1.807, 2.05) is 0 Å². The van der Waals surface area contributed by atoms with Crippen LogP contribution in [0.25, 0.3) is 0 Å². The van der Waals surface area contributed by atoms with Gasteiger partial charge in [-0.3, -0.25) is 0 Å².